The zero-order valence-corrected chi connectivity index (χ0v) is 16.0. The Kier molecular flexibility index (Phi) is 5.43. The summed E-state index contributed by atoms with van der Waals surface area (Å²) in [5.74, 6) is 0.0850. The van der Waals surface area contributed by atoms with Gasteiger partial charge in [0.25, 0.3) is 5.91 Å². The molecular weight excluding hydrogens is 363 g/mol. The first kappa shape index (κ1) is 18.7. The number of nitrogens with zero attached hydrogens (tertiary/aromatic N) is 5. The van der Waals surface area contributed by atoms with E-state index in [2.05, 4.69) is 20.5 Å². The minimum atomic E-state index is -0.328. The maximum absolute atomic E-state index is 13.4. The van der Waals surface area contributed by atoms with Crippen molar-refractivity contribution < 1.29 is 13.9 Å². The fourth-order valence-corrected chi connectivity index (χ4v) is 3.85. The molecule has 1 N–H and O–H groups in total. The molecular formula is C19H25FN6O2. The second kappa shape index (κ2) is 8.14. The van der Waals surface area contributed by atoms with Gasteiger partial charge in [-0.15, -0.1) is 5.10 Å². The summed E-state index contributed by atoms with van der Waals surface area (Å²) < 4.78 is 20.5. The highest BCUT2D eigenvalue weighted by atomic mass is 19.1. The SMILES string of the molecule is COc1cc(F)ccc1N1CCN(C(=O)c2cn(C3CCNCC3)nn2)CC1. The molecule has 2 aliphatic heterocycles. The Bertz CT molecular complexity index is 828. The topological polar surface area (TPSA) is 75.5 Å². The van der Waals surface area contributed by atoms with Crippen LogP contribution in [0.25, 0.3) is 0 Å². The number of carbonyl (C=O) groups excluding carboxylic acids is 1. The van der Waals surface area contributed by atoms with Crippen LogP contribution in [0.15, 0.2) is 24.4 Å². The predicted molar refractivity (Wildman–Crippen MR) is 102 cm³/mol. The number of carbonyl (C=O) groups is 1. The molecule has 0 unspecified atom stereocenters. The van der Waals surface area contributed by atoms with Crippen LogP contribution in [0.5, 0.6) is 5.75 Å². The van der Waals surface area contributed by atoms with Crippen LogP contribution in [0.2, 0.25) is 0 Å². The van der Waals surface area contributed by atoms with Crippen molar-refractivity contribution in [1.82, 2.24) is 25.2 Å². The van der Waals surface area contributed by atoms with E-state index in [0.29, 0.717) is 43.7 Å². The van der Waals surface area contributed by atoms with Gasteiger partial charge in [-0.2, -0.15) is 0 Å². The Morgan fingerprint density at radius 3 is 2.68 bits per heavy atom. The van der Waals surface area contributed by atoms with Crippen molar-refractivity contribution >= 4 is 11.6 Å². The zero-order valence-electron chi connectivity index (χ0n) is 16.0. The largest absolute Gasteiger partial charge is 0.494 e. The van der Waals surface area contributed by atoms with E-state index in [9.17, 15) is 9.18 Å². The second-order valence-corrected chi connectivity index (χ2v) is 7.16. The zero-order chi connectivity index (χ0) is 19.5. The van der Waals surface area contributed by atoms with Gasteiger partial charge in [-0.3, -0.25) is 4.79 Å². The summed E-state index contributed by atoms with van der Waals surface area (Å²) in [5, 5.41) is 11.6. The van der Waals surface area contributed by atoms with E-state index in [0.717, 1.165) is 31.6 Å². The van der Waals surface area contributed by atoms with Gasteiger partial charge in [0, 0.05) is 32.2 Å². The van der Waals surface area contributed by atoms with Gasteiger partial charge in [0.1, 0.15) is 11.6 Å². The molecule has 2 fully saturated rings. The summed E-state index contributed by atoms with van der Waals surface area (Å²) in [6.07, 6.45) is 3.76. The van der Waals surface area contributed by atoms with E-state index >= 15 is 0 Å². The number of rotatable bonds is 4. The number of piperazine rings is 1. The number of benzene rings is 1. The predicted octanol–water partition coefficient (Wildman–Crippen LogP) is 1.31. The van der Waals surface area contributed by atoms with Crippen LogP contribution < -0.4 is 15.0 Å². The number of methoxy groups -OCH3 is 1. The molecule has 8 nitrogen and oxygen atoms in total. The third-order valence-corrected chi connectivity index (χ3v) is 5.46. The van der Waals surface area contributed by atoms with Crippen LogP contribution in [0.3, 0.4) is 0 Å². The van der Waals surface area contributed by atoms with Crippen LogP contribution in [0.1, 0.15) is 29.4 Å². The normalized spacial score (nSPS) is 18.4. The third-order valence-electron chi connectivity index (χ3n) is 5.46. The molecule has 1 aromatic carbocycles. The molecule has 0 spiro atoms. The maximum atomic E-state index is 13.4. The summed E-state index contributed by atoms with van der Waals surface area (Å²) >= 11 is 0. The summed E-state index contributed by atoms with van der Waals surface area (Å²) in [4.78, 5) is 16.7. The molecule has 0 atom stereocenters. The van der Waals surface area contributed by atoms with Crippen molar-refractivity contribution in [2.45, 2.75) is 18.9 Å². The van der Waals surface area contributed by atoms with Crippen molar-refractivity contribution in [3.05, 3.63) is 35.9 Å². The van der Waals surface area contributed by atoms with E-state index < -0.39 is 0 Å². The molecule has 2 aromatic rings. The van der Waals surface area contributed by atoms with Gasteiger partial charge in [0.2, 0.25) is 0 Å². The lowest BCUT2D eigenvalue weighted by molar-refractivity contribution is 0.0740. The van der Waals surface area contributed by atoms with E-state index in [1.54, 1.807) is 17.2 Å². The van der Waals surface area contributed by atoms with Gasteiger partial charge in [0.05, 0.1) is 25.0 Å². The number of amides is 1. The lowest BCUT2D eigenvalue weighted by Gasteiger charge is -2.36. The van der Waals surface area contributed by atoms with Crippen molar-refractivity contribution in [3.63, 3.8) is 0 Å². The molecule has 4 rings (SSSR count). The van der Waals surface area contributed by atoms with Gasteiger partial charge in [-0.25, -0.2) is 9.07 Å². The molecule has 0 aliphatic carbocycles. The number of halogens is 1. The van der Waals surface area contributed by atoms with E-state index in [1.807, 2.05) is 4.68 Å². The lowest BCUT2D eigenvalue weighted by atomic mass is 10.1. The highest BCUT2D eigenvalue weighted by molar-refractivity contribution is 5.92. The lowest BCUT2D eigenvalue weighted by Crippen LogP contribution is -2.49. The monoisotopic (exact) mass is 388 g/mol. The van der Waals surface area contributed by atoms with Gasteiger partial charge < -0.3 is 19.9 Å². The molecule has 0 bridgehead atoms. The standard InChI is InChI=1S/C19H25FN6O2/c1-28-18-12-14(20)2-3-17(18)24-8-10-25(11-9-24)19(27)16-13-26(23-22-16)15-4-6-21-7-5-15/h2-3,12-13,15,21H,4-11H2,1H3. The Labute approximate surface area is 163 Å². The number of hydrogen-bond donors (Lipinski definition) is 1. The molecule has 2 saturated heterocycles. The van der Waals surface area contributed by atoms with Crippen LogP contribution in [-0.2, 0) is 0 Å². The van der Waals surface area contributed by atoms with Crippen LogP contribution in [-0.4, -0.2) is 72.2 Å². The number of anilines is 1. The molecule has 28 heavy (non-hydrogen) atoms. The van der Waals surface area contributed by atoms with Crippen LogP contribution in [0.4, 0.5) is 10.1 Å². The molecule has 150 valence electrons. The van der Waals surface area contributed by atoms with Crippen molar-refractivity contribution in [2.75, 3.05) is 51.3 Å². The first-order valence-electron chi connectivity index (χ1n) is 9.66. The number of nitrogens with one attached hydrogen (secondary N) is 1. The Morgan fingerprint density at radius 2 is 1.96 bits per heavy atom. The Balaban J connectivity index is 1.38. The maximum Gasteiger partial charge on any atom is 0.276 e. The quantitative estimate of drug-likeness (QED) is 0.851. The summed E-state index contributed by atoms with van der Waals surface area (Å²) in [5.41, 5.74) is 1.24. The highest BCUT2D eigenvalue weighted by Crippen LogP contribution is 2.29. The van der Waals surface area contributed by atoms with Crippen LogP contribution in [0, 0.1) is 5.82 Å². The number of aromatic nitrogens is 3. The molecule has 3 heterocycles. The number of hydrogen-bond acceptors (Lipinski definition) is 6. The smallest absolute Gasteiger partial charge is 0.276 e. The average Bonchev–Trinajstić information content (AvgIpc) is 3.24. The Hall–Kier alpha value is -2.68. The average molecular weight is 388 g/mol. The summed E-state index contributed by atoms with van der Waals surface area (Å²) in [6.45, 7) is 4.36. The van der Waals surface area contributed by atoms with E-state index in [1.165, 1.54) is 19.2 Å². The first-order chi connectivity index (χ1) is 13.7. The van der Waals surface area contributed by atoms with Crippen LogP contribution >= 0.6 is 0 Å². The second-order valence-electron chi connectivity index (χ2n) is 7.16. The summed E-state index contributed by atoms with van der Waals surface area (Å²) in [6, 6.07) is 4.83. The van der Waals surface area contributed by atoms with Crippen molar-refractivity contribution in [2.24, 2.45) is 0 Å². The number of piperidine rings is 1. The van der Waals surface area contributed by atoms with Gasteiger partial charge in [0.15, 0.2) is 5.69 Å². The van der Waals surface area contributed by atoms with Crippen molar-refractivity contribution in [3.8, 4) is 5.75 Å². The minimum Gasteiger partial charge on any atom is -0.494 e. The van der Waals surface area contributed by atoms with E-state index in [-0.39, 0.29) is 11.7 Å². The molecule has 0 radical (unpaired) electrons. The molecule has 0 saturated carbocycles. The molecule has 9 heteroatoms. The fourth-order valence-electron chi connectivity index (χ4n) is 3.85. The Morgan fingerprint density at radius 1 is 1.21 bits per heavy atom. The fraction of sp³-hybridized carbons (Fsp3) is 0.526. The molecule has 2 aliphatic rings. The summed E-state index contributed by atoms with van der Waals surface area (Å²) in [7, 11) is 1.53. The molecule has 1 amide bonds. The van der Waals surface area contributed by atoms with Gasteiger partial charge >= 0.3 is 0 Å². The highest BCUT2D eigenvalue weighted by Gasteiger charge is 2.26. The molecule has 1 aromatic heterocycles. The third kappa shape index (κ3) is 3.80. The van der Waals surface area contributed by atoms with Gasteiger partial charge in [-0.1, -0.05) is 5.21 Å². The van der Waals surface area contributed by atoms with Gasteiger partial charge in [-0.05, 0) is 38.1 Å². The van der Waals surface area contributed by atoms with E-state index in [4.69, 9.17) is 4.74 Å². The van der Waals surface area contributed by atoms with Crippen molar-refractivity contribution in [1.29, 1.82) is 0 Å². The first-order valence-corrected chi connectivity index (χ1v) is 9.66. The number of ether oxygens (including phenoxy) is 1. The minimum absolute atomic E-state index is 0.0918.